The average Bonchev–Trinajstić information content (AvgIpc) is 2.90. The molecule has 0 saturated carbocycles. The molecular formula is C29H28F3N3O3. The Labute approximate surface area is 218 Å². The summed E-state index contributed by atoms with van der Waals surface area (Å²) in [5.41, 5.74) is 1.71. The van der Waals surface area contributed by atoms with Crippen LogP contribution in [0.4, 0.5) is 13.2 Å². The number of methoxy groups -OCH3 is 1. The van der Waals surface area contributed by atoms with E-state index in [1.54, 1.807) is 31.2 Å². The number of aryl methyl sites for hydroxylation is 2. The first kappa shape index (κ1) is 27.1. The van der Waals surface area contributed by atoms with Crippen LogP contribution in [0.15, 0.2) is 71.5 Å². The number of aromatic nitrogens is 2. The number of rotatable bonds is 7. The third-order valence-electron chi connectivity index (χ3n) is 6.63. The van der Waals surface area contributed by atoms with E-state index in [1.807, 2.05) is 32.0 Å². The molecule has 6 nitrogen and oxygen atoms in total. The molecule has 1 amide bonds. The Balaban J connectivity index is 1.90. The lowest BCUT2D eigenvalue weighted by Gasteiger charge is -2.30. The molecule has 1 unspecified atom stereocenters. The molecule has 0 aliphatic rings. The van der Waals surface area contributed by atoms with E-state index in [9.17, 15) is 22.8 Å². The molecule has 4 aromatic rings. The van der Waals surface area contributed by atoms with Crippen LogP contribution >= 0.6 is 0 Å². The zero-order valence-corrected chi connectivity index (χ0v) is 21.5. The van der Waals surface area contributed by atoms with E-state index >= 15 is 0 Å². The van der Waals surface area contributed by atoms with Gasteiger partial charge in [-0.3, -0.25) is 14.2 Å². The van der Waals surface area contributed by atoms with Crippen LogP contribution < -0.4 is 5.56 Å². The average molecular weight is 524 g/mol. The number of para-hydroxylation sites is 1. The first-order valence-corrected chi connectivity index (χ1v) is 12.1. The number of carbonyl (C=O) groups is 1. The fourth-order valence-electron chi connectivity index (χ4n) is 4.34. The lowest BCUT2D eigenvalue weighted by molar-refractivity contribution is -0.137. The number of alkyl halides is 3. The lowest BCUT2D eigenvalue weighted by atomic mass is 10.1. The fraction of sp³-hybridized carbons (Fsp3) is 0.276. The fourth-order valence-corrected chi connectivity index (χ4v) is 4.34. The van der Waals surface area contributed by atoms with Gasteiger partial charge in [0.25, 0.3) is 11.5 Å². The van der Waals surface area contributed by atoms with Crippen LogP contribution in [0.1, 0.15) is 45.8 Å². The van der Waals surface area contributed by atoms with Gasteiger partial charge in [-0.15, -0.1) is 0 Å². The zero-order valence-electron chi connectivity index (χ0n) is 21.5. The summed E-state index contributed by atoms with van der Waals surface area (Å²) < 4.78 is 46.7. The van der Waals surface area contributed by atoms with Crippen LogP contribution in [-0.4, -0.2) is 40.6 Å². The molecular weight excluding hydrogens is 495 g/mol. The van der Waals surface area contributed by atoms with Crippen molar-refractivity contribution in [1.82, 2.24) is 14.5 Å². The summed E-state index contributed by atoms with van der Waals surface area (Å²) in [6, 6.07) is 16.0. The van der Waals surface area contributed by atoms with Crippen LogP contribution in [0.25, 0.3) is 16.6 Å². The molecule has 0 radical (unpaired) electrons. The highest BCUT2D eigenvalue weighted by atomic mass is 19.4. The van der Waals surface area contributed by atoms with Gasteiger partial charge in [0.2, 0.25) is 0 Å². The second kappa shape index (κ2) is 10.8. The highest BCUT2D eigenvalue weighted by Crippen LogP contribution is 2.31. The third kappa shape index (κ3) is 5.33. The molecule has 1 aromatic heterocycles. The summed E-state index contributed by atoms with van der Waals surface area (Å²) in [5.74, 6) is -0.344. The van der Waals surface area contributed by atoms with Crippen molar-refractivity contribution in [3.8, 4) is 5.69 Å². The van der Waals surface area contributed by atoms with E-state index in [-0.39, 0.29) is 30.1 Å². The lowest BCUT2D eigenvalue weighted by Crippen LogP contribution is -2.39. The van der Waals surface area contributed by atoms with Crippen molar-refractivity contribution in [3.63, 3.8) is 0 Å². The van der Waals surface area contributed by atoms with E-state index in [0.29, 0.717) is 16.6 Å². The van der Waals surface area contributed by atoms with Crippen molar-refractivity contribution in [2.24, 2.45) is 0 Å². The Morgan fingerprint density at radius 3 is 2.45 bits per heavy atom. The summed E-state index contributed by atoms with van der Waals surface area (Å²) >= 11 is 0. The van der Waals surface area contributed by atoms with E-state index in [2.05, 4.69) is 0 Å². The number of nitrogens with zero attached hydrogens (tertiary/aromatic N) is 3. The molecule has 0 N–H and O–H groups in total. The number of halogens is 3. The van der Waals surface area contributed by atoms with Crippen LogP contribution in [0.2, 0.25) is 0 Å². The van der Waals surface area contributed by atoms with Gasteiger partial charge < -0.3 is 9.64 Å². The maximum Gasteiger partial charge on any atom is 0.416 e. The summed E-state index contributed by atoms with van der Waals surface area (Å²) in [6.45, 7) is 5.81. The van der Waals surface area contributed by atoms with Crippen LogP contribution in [0.5, 0.6) is 0 Å². The molecule has 1 atom stereocenters. The van der Waals surface area contributed by atoms with E-state index in [0.717, 1.165) is 23.3 Å². The van der Waals surface area contributed by atoms with Gasteiger partial charge in [-0.25, -0.2) is 4.98 Å². The van der Waals surface area contributed by atoms with Gasteiger partial charge >= 0.3 is 6.18 Å². The Morgan fingerprint density at radius 2 is 1.76 bits per heavy atom. The monoisotopic (exact) mass is 523 g/mol. The largest absolute Gasteiger partial charge is 0.416 e. The standard InChI is InChI=1S/C29H28F3N3O3/c1-18-12-13-23(16-19(18)2)35-26(33-25-11-6-5-10-24(25)28(35)37)20(3)34(14-15-38-4)27(36)21-8-7-9-22(17-21)29(30,31)32/h5-13,16-17,20H,14-15H2,1-4H3. The van der Waals surface area contributed by atoms with E-state index in [4.69, 9.17) is 9.72 Å². The molecule has 198 valence electrons. The third-order valence-corrected chi connectivity index (χ3v) is 6.63. The minimum atomic E-state index is -4.59. The smallest absolute Gasteiger partial charge is 0.383 e. The van der Waals surface area contributed by atoms with Gasteiger partial charge in [0.1, 0.15) is 5.82 Å². The van der Waals surface area contributed by atoms with Crippen LogP contribution in [-0.2, 0) is 10.9 Å². The molecule has 0 bridgehead atoms. The molecule has 0 spiro atoms. The van der Waals surface area contributed by atoms with Gasteiger partial charge in [-0.1, -0.05) is 24.3 Å². The second-order valence-corrected chi connectivity index (χ2v) is 9.14. The van der Waals surface area contributed by atoms with Crippen molar-refractivity contribution in [2.45, 2.75) is 33.0 Å². The second-order valence-electron chi connectivity index (χ2n) is 9.14. The molecule has 38 heavy (non-hydrogen) atoms. The van der Waals surface area contributed by atoms with Crippen molar-refractivity contribution in [3.05, 3.63) is 105 Å². The SMILES string of the molecule is COCCN(C(=O)c1cccc(C(F)(F)F)c1)C(C)c1nc2ccccc2c(=O)n1-c1ccc(C)c(C)c1. The number of benzene rings is 3. The molecule has 0 aliphatic carbocycles. The molecule has 3 aromatic carbocycles. The summed E-state index contributed by atoms with van der Waals surface area (Å²) in [4.78, 5) is 33.5. The predicted octanol–water partition coefficient (Wildman–Crippen LogP) is 5.87. The number of hydrogen-bond donors (Lipinski definition) is 0. The van der Waals surface area contributed by atoms with Crippen molar-refractivity contribution in [2.75, 3.05) is 20.3 Å². The quantitative estimate of drug-likeness (QED) is 0.304. The predicted molar refractivity (Wildman–Crippen MR) is 140 cm³/mol. The Kier molecular flexibility index (Phi) is 7.68. The van der Waals surface area contributed by atoms with E-state index in [1.165, 1.54) is 28.7 Å². The number of fused-ring (bicyclic) bond motifs is 1. The Bertz CT molecular complexity index is 1550. The maximum absolute atomic E-state index is 13.8. The normalized spacial score (nSPS) is 12.5. The van der Waals surface area contributed by atoms with Crippen LogP contribution in [0.3, 0.4) is 0 Å². The van der Waals surface area contributed by atoms with Gasteiger partial charge in [0.05, 0.1) is 34.8 Å². The number of carbonyl (C=O) groups excluding carboxylic acids is 1. The topological polar surface area (TPSA) is 64.4 Å². The molecule has 0 aliphatic heterocycles. The van der Waals surface area contributed by atoms with Gasteiger partial charge in [-0.05, 0) is 74.4 Å². The van der Waals surface area contributed by atoms with Gasteiger partial charge in [0.15, 0.2) is 0 Å². The molecule has 9 heteroatoms. The minimum Gasteiger partial charge on any atom is -0.383 e. The zero-order chi connectivity index (χ0) is 27.6. The first-order valence-electron chi connectivity index (χ1n) is 12.1. The summed E-state index contributed by atoms with van der Waals surface area (Å²) in [6.07, 6.45) is -4.59. The number of ether oxygens (including phenoxy) is 1. The molecule has 0 saturated heterocycles. The van der Waals surface area contributed by atoms with Gasteiger partial charge in [0, 0.05) is 19.2 Å². The Hall–Kier alpha value is -3.98. The molecule has 1 heterocycles. The van der Waals surface area contributed by atoms with Crippen molar-refractivity contribution in [1.29, 1.82) is 0 Å². The minimum absolute atomic E-state index is 0.0718. The van der Waals surface area contributed by atoms with Gasteiger partial charge in [-0.2, -0.15) is 13.2 Å². The highest BCUT2D eigenvalue weighted by Gasteiger charge is 2.33. The maximum atomic E-state index is 13.8. The number of hydrogen-bond acceptors (Lipinski definition) is 4. The highest BCUT2D eigenvalue weighted by molar-refractivity contribution is 5.94. The summed E-state index contributed by atoms with van der Waals surface area (Å²) in [7, 11) is 1.47. The van der Waals surface area contributed by atoms with Crippen molar-refractivity contribution < 1.29 is 22.7 Å². The Morgan fingerprint density at radius 1 is 1.03 bits per heavy atom. The molecule has 4 rings (SSSR count). The summed E-state index contributed by atoms with van der Waals surface area (Å²) in [5, 5.41) is 0.411. The molecule has 0 fully saturated rings. The van der Waals surface area contributed by atoms with Crippen molar-refractivity contribution >= 4 is 16.8 Å². The number of amides is 1. The van der Waals surface area contributed by atoms with Crippen LogP contribution in [0, 0.1) is 13.8 Å². The first-order chi connectivity index (χ1) is 18.0. The van der Waals surface area contributed by atoms with E-state index < -0.39 is 23.7 Å².